The summed E-state index contributed by atoms with van der Waals surface area (Å²) in [5, 5.41) is 8.97. The number of carboxylic acid groups (broad SMARTS) is 1. The minimum absolute atomic E-state index is 0.0909. The van der Waals surface area contributed by atoms with Gasteiger partial charge in [0.2, 0.25) is 0 Å². The average Bonchev–Trinajstić information content (AvgIpc) is 2.91. The highest BCUT2D eigenvalue weighted by atomic mass is 16.5. The van der Waals surface area contributed by atoms with Crippen LogP contribution in [-0.2, 0) is 16.1 Å². The van der Waals surface area contributed by atoms with Gasteiger partial charge in [0.05, 0.1) is 18.6 Å². The topological polar surface area (TPSA) is 66.8 Å². The Morgan fingerprint density at radius 3 is 2.95 bits per heavy atom. The molecule has 1 aliphatic heterocycles. The first-order chi connectivity index (χ1) is 10.6. The highest BCUT2D eigenvalue weighted by molar-refractivity contribution is 5.89. The Labute approximate surface area is 130 Å². The lowest BCUT2D eigenvalue weighted by Crippen LogP contribution is -2.30. The lowest BCUT2D eigenvalue weighted by Gasteiger charge is -2.23. The summed E-state index contributed by atoms with van der Waals surface area (Å²) >= 11 is 0. The van der Waals surface area contributed by atoms with E-state index < -0.39 is 5.97 Å². The van der Waals surface area contributed by atoms with Gasteiger partial charge in [-0.2, -0.15) is 0 Å². The van der Waals surface area contributed by atoms with Crippen molar-refractivity contribution in [2.75, 3.05) is 13.2 Å². The molecular formula is C17H23NO4. The van der Waals surface area contributed by atoms with Gasteiger partial charge in [-0.25, -0.2) is 4.79 Å². The first kappa shape index (κ1) is 16.5. The zero-order valence-corrected chi connectivity index (χ0v) is 13.0. The smallest absolute Gasteiger partial charge is 0.338 e. The molecule has 5 nitrogen and oxygen atoms in total. The van der Waals surface area contributed by atoms with Crippen molar-refractivity contribution < 1.29 is 19.4 Å². The van der Waals surface area contributed by atoms with Crippen LogP contribution in [0.5, 0.6) is 0 Å². The number of aliphatic carboxylic acids is 1. The fraction of sp³-hybridized carbons (Fsp3) is 0.529. The van der Waals surface area contributed by atoms with E-state index in [1.807, 2.05) is 25.1 Å². The Balaban J connectivity index is 2.00. The molecule has 1 fully saturated rings. The lowest BCUT2D eigenvalue weighted by atomic mass is 10.1. The van der Waals surface area contributed by atoms with E-state index in [9.17, 15) is 9.59 Å². The Morgan fingerprint density at radius 1 is 1.41 bits per heavy atom. The van der Waals surface area contributed by atoms with Crippen molar-refractivity contribution in [3.05, 3.63) is 35.4 Å². The quantitative estimate of drug-likeness (QED) is 0.785. The molecular weight excluding hydrogens is 282 g/mol. The molecule has 0 bridgehead atoms. The fourth-order valence-electron chi connectivity index (χ4n) is 2.85. The molecule has 1 atom stereocenters. The molecule has 1 heterocycles. The van der Waals surface area contributed by atoms with Crippen LogP contribution >= 0.6 is 0 Å². The fourth-order valence-corrected chi connectivity index (χ4v) is 2.85. The second kappa shape index (κ2) is 7.94. The van der Waals surface area contributed by atoms with Gasteiger partial charge < -0.3 is 9.84 Å². The first-order valence-corrected chi connectivity index (χ1v) is 7.82. The van der Waals surface area contributed by atoms with Crippen LogP contribution in [0.1, 0.15) is 48.5 Å². The molecule has 0 spiro atoms. The average molecular weight is 305 g/mol. The largest absolute Gasteiger partial charge is 0.481 e. The molecule has 1 saturated heterocycles. The van der Waals surface area contributed by atoms with E-state index in [1.165, 1.54) is 0 Å². The minimum atomic E-state index is -0.756. The van der Waals surface area contributed by atoms with Crippen LogP contribution in [-0.4, -0.2) is 41.1 Å². The van der Waals surface area contributed by atoms with Gasteiger partial charge in [-0.3, -0.25) is 9.69 Å². The standard InChI is InChI=1S/C17H23NO4/c1-2-9-22-17(21)14-6-3-5-13(10-14)12-18-8-4-7-15(18)11-16(19)20/h3,5-6,10,15H,2,4,7-9,11-12H2,1H3,(H,19,20). The monoisotopic (exact) mass is 305 g/mol. The third-order valence-electron chi connectivity index (χ3n) is 3.89. The van der Waals surface area contributed by atoms with Crippen LogP contribution in [0.15, 0.2) is 24.3 Å². The van der Waals surface area contributed by atoms with Crippen molar-refractivity contribution in [3.8, 4) is 0 Å². The van der Waals surface area contributed by atoms with E-state index in [0.29, 0.717) is 18.7 Å². The molecule has 1 unspecified atom stereocenters. The molecule has 0 radical (unpaired) electrons. The molecule has 2 rings (SSSR count). The van der Waals surface area contributed by atoms with Crippen LogP contribution in [0.4, 0.5) is 0 Å². The minimum Gasteiger partial charge on any atom is -0.481 e. The Kier molecular flexibility index (Phi) is 5.95. The van der Waals surface area contributed by atoms with Crippen LogP contribution in [0.25, 0.3) is 0 Å². The Morgan fingerprint density at radius 2 is 2.23 bits per heavy atom. The van der Waals surface area contributed by atoms with E-state index >= 15 is 0 Å². The number of carbonyl (C=O) groups excluding carboxylic acids is 1. The number of nitrogens with zero attached hydrogens (tertiary/aromatic N) is 1. The van der Waals surface area contributed by atoms with E-state index in [-0.39, 0.29) is 18.4 Å². The number of rotatable bonds is 7. The summed E-state index contributed by atoms with van der Waals surface area (Å²) in [7, 11) is 0. The molecule has 120 valence electrons. The summed E-state index contributed by atoms with van der Waals surface area (Å²) < 4.78 is 5.15. The van der Waals surface area contributed by atoms with E-state index in [0.717, 1.165) is 31.4 Å². The van der Waals surface area contributed by atoms with Crippen molar-refractivity contribution in [2.24, 2.45) is 0 Å². The number of hydrogen-bond donors (Lipinski definition) is 1. The van der Waals surface area contributed by atoms with Gasteiger partial charge in [0.15, 0.2) is 0 Å². The van der Waals surface area contributed by atoms with E-state index in [2.05, 4.69) is 4.90 Å². The molecule has 1 aromatic carbocycles. The molecule has 22 heavy (non-hydrogen) atoms. The summed E-state index contributed by atoms with van der Waals surface area (Å²) in [6, 6.07) is 7.49. The molecule has 0 aromatic heterocycles. The third kappa shape index (κ3) is 4.56. The number of ether oxygens (including phenoxy) is 1. The van der Waals surface area contributed by atoms with Gasteiger partial charge in [-0.15, -0.1) is 0 Å². The number of carbonyl (C=O) groups is 2. The molecule has 0 amide bonds. The second-order valence-corrected chi connectivity index (χ2v) is 5.70. The van der Waals surface area contributed by atoms with Crippen molar-refractivity contribution in [3.63, 3.8) is 0 Å². The zero-order chi connectivity index (χ0) is 15.9. The van der Waals surface area contributed by atoms with Crippen LogP contribution in [0, 0.1) is 0 Å². The van der Waals surface area contributed by atoms with Gasteiger partial charge in [0.25, 0.3) is 0 Å². The maximum Gasteiger partial charge on any atom is 0.338 e. The van der Waals surface area contributed by atoms with Gasteiger partial charge in [0.1, 0.15) is 0 Å². The highest BCUT2D eigenvalue weighted by Crippen LogP contribution is 2.23. The van der Waals surface area contributed by atoms with Crippen molar-refractivity contribution in [1.82, 2.24) is 4.90 Å². The van der Waals surface area contributed by atoms with Crippen molar-refractivity contribution in [1.29, 1.82) is 0 Å². The molecule has 1 aliphatic rings. The normalized spacial score (nSPS) is 18.3. The van der Waals surface area contributed by atoms with Crippen molar-refractivity contribution in [2.45, 2.75) is 45.2 Å². The van der Waals surface area contributed by atoms with Gasteiger partial charge >= 0.3 is 11.9 Å². The Bertz CT molecular complexity index is 529. The number of hydrogen-bond acceptors (Lipinski definition) is 4. The summed E-state index contributed by atoms with van der Waals surface area (Å²) in [6.07, 6.45) is 2.93. The van der Waals surface area contributed by atoms with Gasteiger partial charge in [-0.1, -0.05) is 19.1 Å². The molecule has 0 saturated carbocycles. The number of carboxylic acids is 1. The zero-order valence-electron chi connectivity index (χ0n) is 13.0. The summed E-state index contributed by atoms with van der Waals surface area (Å²) in [6.45, 7) is 3.96. The van der Waals surface area contributed by atoms with Crippen LogP contribution < -0.4 is 0 Å². The highest BCUT2D eigenvalue weighted by Gasteiger charge is 2.26. The SMILES string of the molecule is CCCOC(=O)c1cccc(CN2CCCC2CC(=O)O)c1. The van der Waals surface area contributed by atoms with E-state index in [1.54, 1.807) is 6.07 Å². The molecule has 0 aliphatic carbocycles. The van der Waals surface area contributed by atoms with E-state index in [4.69, 9.17) is 9.84 Å². The van der Waals surface area contributed by atoms with Crippen LogP contribution in [0.2, 0.25) is 0 Å². The summed E-state index contributed by atoms with van der Waals surface area (Å²) in [5.74, 6) is -1.05. The van der Waals surface area contributed by atoms with Crippen molar-refractivity contribution >= 4 is 11.9 Å². The maximum absolute atomic E-state index is 11.9. The second-order valence-electron chi connectivity index (χ2n) is 5.70. The van der Waals surface area contributed by atoms with Gasteiger partial charge in [0, 0.05) is 12.6 Å². The molecule has 5 heteroatoms. The summed E-state index contributed by atoms with van der Waals surface area (Å²) in [5.41, 5.74) is 1.57. The predicted molar refractivity (Wildman–Crippen MR) is 82.7 cm³/mol. The number of benzene rings is 1. The molecule has 1 aromatic rings. The lowest BCUT2D eigenvalue weighted by molar-refractivity contribution is -0.138. The maximum atomic E-state index is 11.9. The third-order valence-corrected chi connectivity index (χ3v) is 3.89. The summed E-state index contributed by atoms with van der Waals surface area (Å²) in [4.78, 5) is 25.0. The van der Waals surface area contributed by atoms with Crippen LogP contribution in [0.3, 0.4) is 0 Å². The van der Waals surface area contributed by atoms with Gasteiger partial charge in [-0.05, 0) is 43.5 Å². The Hall–Kier alpha value is -1.88. The number of likely N-dealkylation sites (tertiary alicyclic amines) is 1. The number of esters is 1. The molecule has 1 N–H and O–H groups in total. The first-order valence-electron chi connectivity index (χ1n) is 7.82. The predicted octanol–water partition coefficient (Wildman–Crippen LogP) is 2.69.